The molecule has 3 N–H and O–H groups in total. The van der Waals surface area contributed by atoms with Crippen molar-refractivity contribution in [3.8, 4) is 0 Å². The van der Waals surface area contributed by atoms with Crippen LogP contribution in [0.2, 0.25) is 0 Å². The van der Waals surface area contributed by atoms with Crippen LogP contribution >= 0.6 is 0 Å². The summed E-state index contributed by atoms with van der Waals surface area (Å²) in [6.07, 6.45) is 7.06. The molecule has 0 bridgehead atoms. The lowest BCUT2D eigenvalue weighted by Gasteiger charge is -2.36. The second-order valence-electron chi connectivity index (χ2n) is 11.3. The molecule has 42 heavy (non-hydrogen) atoms. The third kappa shape index (κ3) is 14.3. The van der Waals surface area contributed by atoms with E-state index in [1.165, 1.54) is 18.5 Å². The van der Waals surface area contributed by atoms with E-state index in [1.54, 1.807) is 13.8 Å². The largest absolute Gasteiger partial charge is 0.462 e. The van der Waals surface area contributed by atoms with Crippen LogP contribution in [0.1, 0.15) is 81.6 Å². The molecule has 0 heterocycles. The first-order chi connectivity index (χ1) is 19.9. The van der Waals surface area contributed by atoms with Crippen LogP contribution in [0.25, 0.3) is 0 Å². The molecule has 0 aromatic heterocycles. The molecule has 0 aliphatic rings. The molecule has 0 aliphatic heterocycles. The van der Waals surface area contributed by atoms with Crippen molar-refractivity contribution >= 4 is 18.1 Å². The van der Waals surface area contributed by atoms with Gasteiger partial charge in [-0.15, -0.1) is 0 Å². The third-order valence-corrected chi connectivity index (χ3v) is 7.16. The number of carbonyl (C=O) groups excluding carboxylic acids is 1. The highest BCUT2D eigenvalue weighted by Crippen LogP contribution is 2.27. The summed E-state index contributed by atoms with van der Waals surface area (Å²) in [5.74, 6) is 1.70. The van der Waals surface area contributed by atoms with Crippen LogP contribution in [-0.2, 0) is 14.4 Å². The molecule has 0 aromatic rings. The van der Waals surface area contributed by atoms with Gasteiger partial charge < -0.3 is 30.4 Å². The second-order valence-corrected chi connectivity index (χ2v) is 11.3. The lowest BCUT2D eigenvalue weighted by Crippen LogP contribution is -2.38. The van der Waals surface area contributed by atoms with E-state index in [1.807, 2.05) is 25.9 Å². The Kier molecular flexibility index (Phi) is 20.3. The van der Waals surface area contributed by atoms with Crippen LogP contribution in [0.3, 0.4) is 0 Å². The zero-order valence-electron chi connectivity index (χ0n) is 28.2. The van der Waals surface area contributed by atoms with Crippen LogP contribution in [0.15, 0.2) is 45.1 Å². The standard InChI is InChI=1S/C32H59FN6O3/c1-12-16-29(17-24(7)26(9)21-42-37-30(23(5)6)38(10)11)39(14-3)31(36-22-34)25(8)19-35-20-28(33)18-27(13-2)32(40)41-15-4/h13,18,22-24,26,29,35H,12,14-17,19-21H2,1-11H3,(H2,34,36)/b27-13+,28-18+,31-25+,37-30-. The normalized spacial score (nSPS) is 15.9. The Hall–Kier alpha value is -2.88. The van der Waals surface area contributed by atoms with Gasteiger partial charge in [0.1, 0.15) is 24.1 Å². The van der Waals surface area contributed by atoms with Crippen LogP contribution in [-0.4, -0.2) is 80.9 Å². The van der Waals surface area contributed by atoms with Crippen LogP contribution in [0.5, 0.6) is 0 Å². The van der Waals surface area contributed by atoms with Gasteiger partial charge in [0.15, 0.2) is 0 Å². The first-order valence-electron chi connectivity index (χ1n) is 15.4. The molecule has 0 saturated carbocycles. The number of oxime groups is 1. The molecule has 0 amide bonds. The molecule has 3 unspecified atom stereocenters. The molecule has 0 rings (SSSR count). The average molecular weight is 595 g/mol. The van der Waals surface area contributed by atoms with Crippen molar-refractivity contribution in [2.24, 2.45) is 33.6 Å². The molecule has 0 fully saturated rings. The molecule has 0 aromatic carbocycles. The molecular weight excluding hydrogens is 535 g/mol. The highest BCUT2D eigenvalue weighted by Gasteiger charge is 2.25. The minimum atomic E-state index is -0.539. The van der Waals surface area contributed by atoms with Crippen molar-refractivity contribution in [3.05, 3.63) is 34.9 Å². The number of amidine groups is 1. The summed E-state index contributed by atoms with van der Waals surface area (Å²) >= 11 is 0. The summed E-state index contributed by atoms with van der Waals surface area (Å²) < 4.78 is 19.5. The number of hydrogen-bond donors (Lipinski definition) is 2. The molecular formula is C32H59FN6O3. The van der Waals surface area contributed by atoms with E-state index in [-0.39, 0.29) is 30.7 Å². The molecule has 0 saturated heterocycles. The smallest absolute Gasteiger partial charge is 0.337 e. The van der Waals surface area contributed by atoms with Crippen molar-refractivity contribution in [2.45, 2.75) is 87.6 Å². The Morgan fingerprint density at radius 2 is 1.76 bits per heavy atom. The third-order valence-electron chi connectivity index (χ3n) is 7.16. The van der Waals surface area contributed by atoms with Gasteiger partial charge in [-0.25, -0.2) is 14.2 Å². The molecule has 0 spiro atoms. The zero-order valence-corrected chi connectivity index (χ0v) is 28.2. The van der Waals surface area contributed by atoms with Gasteiger partial charge in [-0.3, -0.25) is 0 Å². The summed E-state index contributed by atoms with van der Waals surface area (Å²) in [5.41, 5.74) is 6.92. The van der Waals surface area contributed by atoms with Crippen LogP contribution in [0, 0.1) is 17.8 Å². The maximum absolute atomic E-state index is 14.6. The number of hydrogen-bond acceptors (Lipinski definition) is 7. The number of halogens is 1. The summed E-state index contributed by atoms with van der Waals surface area (Å²) in [4.78, 5) is 26.6. The molecule has 10 heteroatoms. The van der Waals surface area contributed by atoms with Crippen molar-refractivity contribution in [1.29, 1.82) is 0 Å². The van der Waals surface area contributed by atoms with Gasteiger partial charge in [-0.1, -0.05) is 52.3 Å². The van der Waals surface area contributed by atoms with Crippen molar-refractivity contribution in [3.63, 3.8) is 0 Å². The Balaban J connectivity index is 5.63. The van der Waals surface area contributed by atoms with Gasteiger partial charge in [0, 0.05) is 45.7 Å². The zero-order chi connectivity index (χ0) is 32.2. The van der Waals surface area contributed by atoms with E-state index >= 15 is 0 Å². The lowest BCUT2D eigenvalue weighted by atomic mass is 9.88. The topological polar surface area (TPSA) is 105 Å². The maximum atomic E-state index is 14.6. The highest BCUT2D eigenvalue weighted by molar-refractivity contribution is 5.91. The predicted octanol–water partition coefficient (Wildman–Crippen LogP) is 5.86. The molecule has 242 valence electrons. The SMILES string of the molecule is C/C=C(\C=C(\F)CNC/C(C)=C(\N=C/N)N(CC)C(CCC)CC(C)C(C)CO/N=C(/C(C)C)N(C)C)C(=O)OCC. The summed E-state index contributed by atoms with van der Waals surface area (Å²) in [6.45, 7) is 20.3. The van der Waals surface area contributed by atoms with E-state index in [9.17, 15) is 9.18 Å². The average Bonchev–Trinajstić information content (AvgIpc) is 2.93. The first kappa shape index (κ1) is 39.1. The first-order valence-corrected chi connectivity index (χ1v) is 15.4. The quantitative estimate of drug-likeness (QED) is 0.0454. The molecule has 0 aliphatic carbocycles. The van der Waals surface area contributed by atoms with Gasteiger partial charge in [0.2, 0.25) is 0 Å². The Morgan fingerprint density at radius 1 is 1.10 bits per heavy atom. The van der Waals surface area contributed by atoms with Gasteiger partial charge in [0.25, 0.3) is 0 Å². The van der Waals surface area contributed by atoms with Gasteiger partial charge >= 0.3 is 5.97 Å². The van der Waals surface area contributed by atoms with Gasteiger partial charge in [-0.2, -0.15) is 0 Å². The highest BCUT2D eigenvalue weighted by atomic mass is 19.1. The number of nitrogens with one attached hydrogen (secondary N) is 1. The van der Waals surface area contributed by atoms with E-state index in [4.69, 9.17) is 15.3 Å². The minimum absolute atomic E-state index is 0.0262. The molecule has 3 atom stereocenters. The number of carbonyl (C=O) groups is 1. The fraction of sp³-hybridized carbons (Fsp3) is 0.719. The maximum Gasteiger partial charge on any atom is 0.337 e. The summed E-state index contributed by atoms with van der Waals surface area (Å²) in [6, 6.07) is 0.251. The Bertz CT molecular complexity index is 933. The van der Waals surface area contributed by atoms with E-state index < -0.39 is 11.8 Å². The van der Waals surface area contributed by atoms with Gasteiger partial charge in [-0.05, 0) is 64.0 Å². The number of aliphatic imine (C=N–C) groups is 1. The van der Waals surface area contributed by atoms with E-state index in [0.717, 1.165) is 43.0 Å². The minimum Gasteiger partial charge on any atom is -0.462 e. The van der Waals surface area contributed by atoms with Crippen LogP contribution in [0.4, 0.5) is 4.39 Å². The Morgan fingerprint density at radius 3 is 2.26 bits per heavy atom. The number of nitrogens with zero attached hydrogens (tertiary/aromatic N) is 4. The van der Waals surface area contributed by atoms with E-state index in [2.05, 4.69) is 61.9 Å². The monoisotopic (exact) mass is 594 g/mol. The fourth-order valence-electron chi connectivity index (χ4n) is 4.71. The predicted molar refractivity (Wildman–Crippen MR) is 174 cm³/mol. The van der Waals surface area contributed by atoms with E-state index in [0.29, 0.717) is 25.0 Å². The fourth-order valence-corrected chi connectivity index (χ4v) is 4.71. The summed E-state index contributed by atoms with van der Waals surface area (Å²) in [5, 5.41) is 7.52. The lowest BCUT2D eigenvalue weighted by molar-refractivity contribution is -0.138. The molecule has 0 radical (unpaired) electrons. The number of esters is 1. The molecule has 9 nitrogen and oxygen atoms in total. The van der Waals surface area contributed by atoms with Crippen molar-refractivity contribution < 1.29 is 18.8 Å². The Labute approximate surface area is 255 Å². The number of nitrogens with two attached hydrogens (primary N) is 1. The van der Waals surface area contributed by atoms with Gasteiger partial charge in [0.05, 0.1) is 18.5 Å². The van der Waals surface area contributed by atoms with Crippen LogP contribution < -0.4 is 11.1 Å². The number of allylic oxidation sites excluding steroid dienone is 1. The van der Waals surface area contributed by atoms with Crippen molar-refractivity contribution in [2.75, 3.05) is 46.9 Å². The second kappa shape index (κ2) is 21.8. The number of rotatable bonds is 20. The summed E-state index contributed by atoms with van der Waals surface area (Å²) in [7, 11) is 3.96. The number of ether oxygens (including phenoxy) is 1. The van der Waals surface area contributed by atoms with Crippen molar-refractivity contribution in [1.82, 2.24) is 15.1 Å².